The van der Waals surface area contributed by atoms with E-state index >= 15 is 0 Å². The normalized spacial score (nSPS) is 12.2. The van der Waals surface area contributed by atoms with Crippen molar-refractivity contribution >= 4 is 23.2 Å². The molecular formula is C16H17Cl2NO. The third-order valence-electron chi connectivity index (χ3n) is 3.43. The number of halogens is 2. The van der Waals surface area contributed by atoms with Gasteiger partial charge < -0.3 is 10.1 Å². The standard InChI is InChI=1S/C16H17Cl2NO/c1-10-12(5-4-6-14(10)17)16(19-2)13-8-7-11(20-3)9-15(13)18/h4-9,16,19H,1-3H3. The van der Waals surface area contributed by atoms with Crippen LogP contribution in [0.3, 0.4) is 0 Å². The first-order valence-electron chi connectivity index (χ1n) is 6.34. The van der Waals surface area contributed by atoms with E-state index in [1.54, 1.807) is 7.11 Å². The highest BCUT2D eigenvalue weighted by Crippen LogP contribution is 2.33. The molecule has 2 nitrogen and oxygen atoms in total. The van der Waals surface area contributed by atoms with Gasteiger partial charge in [-0.1, -0.05) is 41.4 Å². The van der Waals surface area contributed by atoms with Gasteiger partial charge >= 0.3 is 0 Å². The Labute approximate surface area is 129 Å². The molecule has 0 aliphatic carbocycles. The summed E-state index contributed by atoms with van der Waals surface area (Å²) >= 11 is 12.6. The van der Waals surface area contributed by atoms with Crippen LogP contribution in [-0.2, 0) is 0 Å². The van der Waals surface area contributed by atoms with Gasteiger partial charge in [-0.15, -0.1) is 0 Å². The Morgan fingerprint density at radius 3 is 2.40 bits per heavy atom. The molecule has 0 saturated carbocycles. The molecule has 0 bridgehead atoms. The van der Waals surface area contributed by atoms with E-state index in [-0.39, 0.29) is 6.04 Å². The number of benzene rings is 2. The average Bonchev–Trinajstić information content (AvgIpc) is 2.45. The number of hydrogen-bond acceptors (Lipinski definition) is 2. The molecule has 0 aromatic heterocycles. The lowest BCUT2D eigenvalue weighted by molar-refractivity contribution is 0.414. The zero-order valence-electron chi connectivity index (χ0n) is 11.7. The van der Waals surface area contributed by atoms with Crippen LogP contribution >= 0.6 is 23.2 Å². The molecule has 0 amide bonds. The van der Waals surface area contributed by atoms with E-state index < -0.39 is 0 Å². The molecular weight excluding hydrogens is 293 g/mol. The average molecular weight is 310 g/mol. The van der Waals surface area contributed by atoms with Gasteiger partial charge in [-0.05, 0) is 48.9 Å². The number of rotatable bonds is 4. The van der Waals surface area contributed by atoms with Crippen LogP contribution in [0.25, 0.3) is 0 Å². The Morgan fingerprint density at radius 2 is 1.80 bits per heavy atom. The van der Waals surface area contributed by atoms with Crippen LogP contribution < -0.4 is 10.1 Å². The van der Waals surface area contributed by atoms with E-state index in [9.17, 15) is 0 Å². The van der Waals surface area contributed by atoms with Crippen molar-refractivity contribution in [3.63, 3.8) is 0 Å². The second-order valence-corrected chi connectivity index (χ2v) is 5.38. The van der Waals surface area contributed by atoms with Gasteiger partial charge in [0.05, 0.1) is 13.2 Å². The Morgan fingerprint density at radius 1 is 1.05 bits per heavy atom. The lowest BCUT2D eigenvalue weighted by Crippen LogP contribution is -2.19. The molecule has 0 aliphatic heterocycles. The fraction of sp³-hybridized carbons (Fsp3) is 0.250. The van der Waals surface area contributed by atoms with Crippen molar-refractivity contribution in [3.8, 4) is 5.75 Å². The highest BCUT2D eigenvalue weighted by molar-refractivity contribution is 6.32. The van der Waals surface area contributed by atoms with Crippen molar-refractivity contribution < 1.29 is 4.74 Å². The first kappa shape index (κ1) is 15.2. The Balaban J connectivity index is 2.50. The number of methoxy groups -OCH3 is 1. The Kier molecular flexibility index (Phi) is 4.92. The SMILES string of the molecule is CNC(c1ccc(OC)cc1Cl)c1cccc(Cl)c1C. The van der Waals surface area contributed by atoms with Crippen molar-refractivity contribution in [2.75, 3.05) is 14.2 Å². The molecule has 0 aliphatic rings. The molecule has 20 heavy (non-hydrogen) atoms. The van der Waals surface area contributed by atoms with Crippen LogP contribution in [-0.4, -0.2) is 14.2 Å². The molecule has 2 aromatic rings. The molecule has 2 rings (SSSR count). The van der Waals surface area contributed by atoms with Gasteiger partial charge in [-0.2, -0.15) is 0 Å². The van der Waals surface area contributed by atoms with E-state index in [1.165, 1.54) is 0 Å². The zero-order chi connectivity index (χ0) is 14.7. The van der Waals surface area contributed by atoms with Gasteiger partial charge in [0.1, 0.15) is 5.75 Å². The molecule has 2 aromatic carbocycles. The lowest BCUT2D eigenvalue weighted by Gasteiger charge is -2.21. The summed E-state index contributed by atoms with van der Waals surface area (Å²) in [5.74, 6) is 0.747. The Bertz CT molecular complexity index is 613. The molecule has 1 unspecified atom stereocenters. The minimum Gasteiger partial charge on any atom is -0.497 e. The molecule has 106 valence electrons. The fourth-order valence-corrected chi connectivity index (χ4v) is 2.75. The second kappa shape index (κ2) is 6.49. The van der Waals surface area contributed by atoms with Crippen molar-refractivity contribution in [1.82, 2.24) is 5.32 Å². The van der Waals surface area contributed by atoms with Crippen molar-refractivity contribution in [1.29, 1.82) is 0 Å². The topological polar surface area (TPSA) is 21.3 Å². The predicted molar refractivity (Wildman–Crippen MR) is 85.1 cm³/mol. The van der Waals surface area contributed by atoms with Gasteiger partial charge in [-0.25, -0.2) is 0 Å². The highest BCUT2D eigenvalue weighted by atomic mass is 35.5. The summed E-state index contributed by atoms with van der Waals surface area (Å²) in [5, 5.41) is 4.72. The summed E-state index contributed by atoms with van der Waals surface area (Å²) in [4.78, 5) is 0. The highest BCUT2D eigenvalue weighted by Gasteiger charge is 2.18. The summed E-state index contributed by atoms with van der Waals surface area (Å²) in [5.41, 5.74) is 3.17. The van der Waals surface area contributed by atoms with Crippen molar-refractivity contribution in [3.05, 3.63) is 63.1 Å². The van der Waals surface area contributed by atoms with E-state index in [4.69, 9.17) is 27.9 Å². The molecule has 0 radical (unpaired) electrons. The van der Waals surface area contributed by atoms with E-state index in [0.717, 1.165) is 27.5 Å². The number of ether oxygens (including phenoxy) is 1. The Hall–Kier alpha value is -1.22. The van der Waals surface area contributed by atoms with Crippen molar-refractivity contribution in [2.45, 2.75) is 13.0 Å². The maximum atomic E-state index is 6.37. The van der Waals surface area contributed by atoms with E-state index in [0.29, 0.717) is 5.02 Å². The molecule has 0 saturated heterocycles. The lowest BCUT2D eigenvalue weighted by atomic mass is 9.95. The summed E-state index contributed by atoms with van der Waals surface area (Å²) in [6.45, 7) is 2.01. The van der Waals surface area contributed by atoms with Crippen LogP contribution in [0.15, 0.2) is 36.4 Å². The smallest absolute Gasteiger partial charge is 0.120 e. The predicted octanol–water partition coefficient (Wildman–Crippen LogP) is 4.62. The summed E-state index contributed by atoms with van der Waals surface area (Å²) in [6.07, 6.45) is 0. The first-order chi connectivity index (χ1) is 9.58. The maximum Gasteiger partial charge on any atom is 0.120 e. The van der Waals surface area contributed by atoms with Crippen LogP contribution in [0, 0.1) is 6.92 Å². The van der Waals surface area contributed by atoms with Crippen molar-refractivity contribution in [2.24, 2.45) is 0 Å². The number of nitrogens with one attached hydrogen (secondary N) is 1. The van der Waals surface area contributed by atoms with Crippen LogP contribution in [0.2, 0.25) is 10.0 Å². The minimum absolute atomic E-state index is 0.00731. The molecule has 0 spiro atoms. The third kappa shape index (κ3) is 2.93. The summed E-state index contributed by atoms with van der Waals surface area (Å²) in [7, 11) is 3.54. The summed E-state index contributed by atoms with van der Waals surface area (Å²) < 4.78 is 5.19. The van der Waals surface area contributed by atoms with E-state index in [1.807, 2.05) is 44.3 Å². The number of hydrogen-bond donors (Lipinski definition) is 1. The molecule has 4 heteroatoms. The quantitative estimate of drug-likeness (QED) is 0.890. The molecule has 1 atom stereocenters. The molecule has 0 heterocycles. The van der Waals surface area contributed by atoms with Crippen LogP contribution in [0.5, 0.6) is 5.75 Å². The molecule has 0 fully saturated rings. The monoisotopic (exact) mass is 309 g/mol. The fourth-order valence-electron chi connectivity index (χ4n) is 2.28. The van der Waals surface area contributed by atoms with Gasteiger partial charge in [0.25, 0.3) is 0 Å². The van der Waals surface area contributed by atoms with Gasteiger partial charge in [0.15, 0.2) is 0 Å². The zero-order valence-corrected chi connectivity index (χ0v) is 13.2. The maximum absolute atomic E-state index is 6.37. The van der Waals surface area contributed by atoms with E-state index in [2.05, 4.69) is 11.4 Å². The molecule has 1 N–H and O–H groups in total. The van der Waals surface area contributed by atoms with Crippen LogP contribution in [0.4, 0.5) is 0 Å². The second-order valence-electron chi connectivity index (χ2n) is 4.56. The largest absolute Gasteiger partial charge is 0.497 e. The van der Waals surface area contributed by atoms with Gasteiger partial charge in [0.2, 0.25) is 0 Å². The van der Waals surface area contributed by atoms with Gasteiger partial charge in [-0.3, -0.25) is 0 Å². The first-order valence-corrected chi connectivity index (χ1v) is 7.09. The minimum atomic E-state index is -0.00731. The van der Waals surface area contributed by atoms with Gasteiger partial charge in [0, 0.05) is 10.0 Å². The third-order valence-corrected chi connectivity index (χ3v) is 4.16. The summed E-state index contributed by atoms with van der Waals surface area (Å²) in [6, 6.07) is 11.6. The van der Waals surface area contributed by atoms with Crippen LogP contribution in [0.1, 0.15) is 22.7 Å².